The van der Waals surface area contributed by atoms with Crippen LogP contribution in [0.2, 0.25) is 5.02 Å². The third-order valence-electron chi connectivity index (χ3n) is 5.83. The van der Waals surface area contributed by atoms with Crippen LogP contribution in [0.5, 0.6) is 0 Å². The fourth-order valence-corrected chi connectivity index (χ4v) is 4.40. The smallest absolute Gasteiger partial charge is 0.206 e. The molecule has 29 heavy (non-hydrogen) atoms. The predicted octanol–water partition coefficient (Wildman–Crippen LogP) is 8.58. The van der Waals surface area contributed by atoms with Crippen LogP contribution >= 0.6 is 11.6 Å². The van der Waals surface area contributed by atoms with Crippen LogP contribution in [0.3, 0.4) is 0 Å². The van der Waals surface area contributed by atoms with E-state index in [1.807, 2.05) is 13.0 Å². The van der Waals surface area contributed by atoms with E-state index >= 15 is 0 Å². The highest BCUT2D eigenvalue weighted by Gasteiger charge is 2.23. The normalized spacial score (nSPS) is 20.4. The Balaban J connectivity index is 1.92. The summed E-state index contributed by atoms with van der Waals surface area (Å²) in [5, 5.41) is 0.185. The van der Waals surface area contributed by atoms with Gasteiger partial charge in [0.2, 0.25) is 0 Å². The van der Waals surface area contributed by atoms with Crippen LogP contribution in [0.4, 0.5) is 17.6 Å². The molecule has 0 N–H and O–H groups in total. The molecule has 156 valence electrons. The van der Waals surface area contributed by atoms with Gasteiger partial charge in [0, 0.05) is 16.7 Å². The van der Waals surface area contributed by atoms with Crippen molar-refractivity contribution in [3.63, 3.8) is 0 Å². The first-order chi connectivity index (χ1) is 13.7. The number of halogens is 5. The highest BCUT2D eigenvalue weighted by molar-refractivity contribution is 6.32. The standard InChI is InChI=1S/C24H25ClF4/c1-3-16-12-19(13-22(25)20(16)10-11-24(27,28)29)21-9-8-18(14-23(21)26)17-6-4-15(2)5-7-17/h8-15,17H,3-7H2,1-2H3/b11-10+. The van der Waals surface area contributed by atoms with Gasteiger partial charge in [0.05, 0.1) is 0 Å². The van der Waals surface area contributed by atoms with Gasteiger partial charge in [-0.3, -0.25) is 0 Å². The lowest BCUT2D eigenvalue weighted by molar-refractivity contribution is -0.0790. The number of hydrogen-bond donors (Lipinski definition) is 0. The molecule has 0 atom stereocenters. The van der Waals surface area contributed by atoms with Crippen LogP contribution in [0.1, 0.15) is 62.1 Å². The maximum absolute atomic E-state index is 14.9. The maximum Gasteiger partial charge on any atom is 0.409 e. The molecule has 0 amide bonds. The second kappa shape index (κ2) is 8.91. The maximum atomic E-state index is 14.9. The van der Waals surface area contributed by atoms with E-state index in [-0.39, 0.29) is 16.9 Å². The first-order valence-corrected chi connectivity index (χ1v) is 10.4. The monoisotopic (exact) mass is 424 g/mol. The largest absolute Gasteiger partial charge is 0.409 e. The Labute approximate surface area is 174 Å². The van der Waals surface area contributed by atoms with Gasteiger partial charge in [0.25, 0.3) is 0 Å². The molecule has 0 radical (unpaired) electrons. The molecular weight excluding hydrogens is 400 g/mol. The van der Waals surface area contributed by atoms with Crippen molar-refractivity contribution in [3.05, 3.63) is 63.9 Å². The number of alkyl halides is 3. The zero-order valence-electron chi connectivity index (χ0n) is 16.6. The van der Waals surface area contributed by atoms with E-state index in [2.05, 4.69) is 6.92 Å². The van der Waals surface area contributed by atoms with Crippen LogP contribution in [0.15, 0.2) is 36.4 Å². The van der Waals surface area contributed by atoms with Gasteiger partial charge in [-0.05, 0) is 71.6 Å². The summed E-state index contributed by atoms with van der Waals surface area (Å²) in [5.41, 5.74) is 2.99. The topological polar surface area (TPSA) is 0 Å². The molecule has 0 heterocycles. The molecule has 1 aliphatic rings. The summed E-state index contributed by atoms with van der Waals surface area (Å²) in [6.45, 7) is 4.09. The molecule has 1 saturated carbocycles. The van der Waals surface area contributed by atoms with Crippen molar-refractivity contribution in [1.29, 1.82) is 0 Å². The van der Waals surface area contributed by atoms with Crippen molar-refractivity contribution in [1.82, 2.24) is 0 Å². The average molecular weight is 425 g/mol. The first-order valence-electron chi connectivity index (χ1n) is 10.1. The molecule has 0 nitrogen and oxygen atoms in total. The molecule has 1 fully saturated rings. The Morgan fingerprint density at radius 2 is 1.76 bits per heavy atom. The summed E-state index contributed by atoms with van der Waals surface area (Å²) in [7, 11) is 0. The van der Waals surface area contributed by atoms with Crippen molar-refractivity contribution < 1.29 is 17.6 Å². The Hall–Kier alpha value is -1.81. The highest BCUT2D eigenvalue weighted by Crippen LogP contribution is 2.38. The zero-order valence-corrected chi connectivity index (χ0v) is 17.4. The molecule has 0 saturated heterocycles. The van der Waals surface area contributed by atoms with Crippen LogP contribution in [-0.2, 0) is 6.42 Å². The van der Waals surface area contributed by atoms with Crippen molar-refractivity contribution in [2.24, 2.45) is 5.92 Å². The SMILES string of the molecule is CCc1cc(-c2ccc(C3CCC(C)CC3)cc2F)cc(Cl)c1/C=C/C(F)(F)F. The highest BCUT2D eigenvalue weighted by atomic mass is 35.5. The summed E-state index contributed by atoms with van der Waals surface area (Å²) in [5.74, 6) is 0.798. The van der Waals surface area contributed by atoms with Crippen molar-refractivity contribution >= 4 is 17.7 Å². The Kier molecular flexibility index (Phi) is 6.72. The molecule has 3 rings (SSSR count). The third kappa shape index (κ3) is 5.42. The molecule has 0 aromatic heterocycles. The Bertz CT molecular complexity index is 890. The van der Waals surface area contributed by atoms with Crippen LogP contribution in [-0.4, -0.2) is 6.18 Å². The molecule has 2 aromatic rings. The second-order valence-corrected chi connectivity index (χ2v) is 8.36. The van der Waals surface area contributed by atoms with Crippen LogP contribution < -0.4 is 0 Å². The van der Waals surface area contributed by atoms with Gasteiger partial charge in [-0.25, -0.2) is 4.39 Å². The van der Waals surface area contributed by atoms with Crippen molar-refractivity contribution in [2.45, 2.75) is 58.0 Å². The minimum Gasteiger partial charge on any atom is -0.206 e. The van der Waals surface area contributed by atoms with Gasteiger partial charge in [0.15, 0.2) is 0 Å². The van der Waals surface area contributed by atoms with Gasteiger partial charge < -0.3 is 0 Å². The molecule has 0 bridgehead atoms. The molecule has 1 aliphatic carbocycles. The molecule has 0 spiro atoms. The van der Waals surface area contributed by atoms with E-state index < -0.39 is 6.18 Å². The van der Waals surface area contributed by atoms with E-state index in [1.54, 1.807) is 18.2 Å². The molecule has 2 aromatic carbocycles. The van der Waals surface area contributed by atoms with Gasteiger partial charge in [-0.2, -0.15) is 13.2 Å². The van der Waals surface area contributed by atoms with E-state index in [0.29, 0.717) is 34.6 Å². The minimum atomic E-state index is -4.41. The Morgan fingerprint density at radius 1 is 1.07 bits per heavy atom. The Morgan fingerprint density at radius 3 is 2.34 bits per heavy atom. The lowest BCUT2D eigenvalue weighted by Crippen LogP contribution is -2.11. The zero-order chi connectivity index (χ0) is 21.2. The number of allylic oxidation sites excluding steroid dienone is 1. The lowest BCUT2D eigenvalue weighted by atomic mass is 9.79. The van der Waals surface area contributed by atoms with Gasteiger partial charge >= 0.3 is 6.18 Å². The predicted molar refractivity (Wildman–Crippen MR) is 112 cm³/mol. The fraction of sp³-hybridized carbons (Fsp3) is 0.417. The van der Waals surface area contributed by atoms with E-state index in [4.69, 9.17) is 11.6 Å². The number of rotatable bonds is 4. The molecule has 0 aliphatic heterocycles. The first kappa shape index (κ1) is 21.9. The van der Waals surface area contributed by atoms with Crippen LogP contribution in [0, 0.1) is 11.7 Å². The average Bonchev–Trinajstić information content (AvgIpc) is 2.66. The summed E-state index contributed by atoms with van der Waals surface area (Å²) in [4.78, 5) is 0. The summed E-state index contributed by atoms with van der Waals surface area (Å²) < 4.78 is 52.6. The third-order valence-corrected chi connectivity index (χ3v) is 6.14. The van der Waals surface area contributed by atoms with Crippen molar-refractivity contribution in [2.75, 3.05) is 0 Å². The van der Waals surface area contributed by atoms with Crippen molar-refractivity contribution in [3.8, 4) is 11.1 Å². The number of hydrogen-bond acceptors (Lipinski definition) is 0. The summed E-state index contributed by atoms with van der Waals surface area (Å²) >= 11 is 6.27. The molecule has 5 heteroatoms. The van der Waals surface area contributed by atoms with Gasteiger partial charge in [0.1, 0.15) is 5.82 Å². The number of aryl methyl sites for hydroxylation is 1. The molecule has 0 unspecified atom stereocenters. The summed E-state index contributed by atoms with van der Waals surface area (Å²) in [6.07, 6.45) is 1.71. The van der Waals surface area contributed by atoms with E-state index in [1.165, 1.54) is 6.07 Å². The lowest BCUT2D eigenvalue weighted by Gasteiger charge is -2.26. The van der Waals surface area contributed by atoms with E-state index in [9.17, 15) is 17.6 Å². The quantitative estimate of drug-likeness (QED) is 0.431. The minimum absolute atomic E-state index is 0.174. The summed E-state index contributed by atoms with van der Waals surface area (Å²) in [6, 6.07) is 8.60. The van der Waals surface area contributed by atoms with Gasteiger partial charge in [-0.1, -0.05) is 56.5 Å². The fourth-order valence-electron chi connectivity index (χ4n) is 4.10. The second-order valence-electron chi connectivity index (χ2n) is 7.96. The van der Waals surface area contributed by atoms with E-state index in [0.717, 1.165) is 43.2 Å². The van der Waals surface area contributed by atoms with Gasteiger partial charge in [-0.15, -0.1) is 0 Å². The van der Waals surface area contributed by atoms with Crippen LogP contribution in [0.25, 0.3) is 17.2 Å². The number of benzene rings is 2. The molecular formula is C24H25ClF4.